The number of ether oxygens (including phenoxy) is 1. The van der Waals surface area contributed by atoms with Crippen LogP contribution in [0.25, 0.3) is 0 Å². The summed E-state index contributed by atoms with van der Waals surface area (Å²) in [5.41, 5.74) is 6.99. The lowest BCUT2D eigenvalue weighted by Gasteiger charge is -2.14. The average molecular weight is 300 g/mol. The number of benzene rings is 1. The zero-order valence-corrected chi connectivity index (χ0v) is 12.3. The van der Waals surface area contributed by atoms with E-state index in [1.807, 2.05) is 25.1 Å². The third-order valence-corrected chi connectivity index (χ3v) is 3.21. The molecule has 0 fully saturated rings. The Labute approximate surface area is 113 Å². The molecule has 0 saturated heterocycles. The molecule has 1 aromatic rings. The Balaban J connectivity index is 2.53. The van der Waals surface area contributed by atoms with Crippen molar-refractivity contribution in [2.24, 2.45) is 5.73 Å². The smallest absolute Gasteiger partial charge is 0.125 e. The van der Waals surface area contributed by atoms with Crippen molar-refractivity contribution in [2.75, 3.05) is 6.61 Å². The molecule has 3 heteroatoms. The monoisotopic (exact) mass is 299 g/mol. The number of hydrogen-bond donors (Lipinski definition) is 1. The molecule has 0 aromatic heterocycles. The Morgan fingerprint density at radius 2 is 2.06 bits per heavy atom. The second-order valence-corrected chi connectivity index (χ2v) is 5.30. The lowest BCUT2D eigenvalue weighted by atomic mass is 10.1. The Kier molecular flexibility index (Phi) is 6.60. The van der Waals surface area contributed by atoms with Gasteiger partial charge in [-0.15, -0.1) is 0 Å². The summed E-state index contributed by atoms with van der Waals surface area (Å²) < 4.78 is 6.85. The number of halogens is 1. The standard InChI is InChI=1S/C14H22BrNO/c1-3-4-5-6-9-17-14-10-12(15)7-8-13(14)11(2)16/h7-8,10-11H,3-6,9,16H2,1-2H3/t11-/m1/s1. The summed E-state index contributed by atoms with van der Waals surface area (Å²) in [6.07, 6.45) is 4.88. The zero-order valence-electron chi connectivity index (χ0n) is 10.7. The molecule has 0 aliphatic heterocycles. The van der Waals surface area contributed by atoms with E-state index in [1.54, 1.807) is 0 Å². The van der Waals surface area contributed by atoms with Gasteiger partial charge in [-0.25, -0.2) is 0 Å². The van der Waals surface area contributed by atoms with E-state index < -0.39 is 0 Å². The third kappa shape index (κ3) is 5.09. The molecule has 0 radical (unpaired) electrons. The molecule has 0 bridgehead atoms. The van der Waals surface area contributed by atoms with Crippen LogP contribution in [0.1, 0.15) is 51.1 Å². The molecule has 1 rings (SSSR count). The van der Waals surface area contributed by atoms with Gasteiger partial charge >= 0.3 is 0 Å². The summed E-state index contributed by atoms with van der Waals surface area (Å²) >= 11 is 3.46. The SMILES string of the molecule is CCCCCCOc1cc(Br)ccc1[C@@H](C)N. The van der Waals surface area contributed by atoms with E-state index in [9.17, 15) is 0 Å². The summed E-state index contributed by atoms with van der Waals surface area (Å²) in [5, 5.41) is 0. The number of nitrogens with two attached hydrogens (primary N) is 1. The molecule has 0 aliphatic rings. The molecule has 1 atom stereocenters. The first kappa shape index (κ1) is 14.5. The fourth-order valence-electron chi connectivity index (χ4n) is 1.72. The summed E-state index contributed by atoms with van der Waals surface area (Å²) in [4.78, 5) is 0. The van der Waals surface area contributed by atoms with Crippen LogP contribution >= 0.6 is 15.9 Å². The van der Waals surface area contributed by atoms with E-state index >= 15 is 0 Å². The van der Waals surface area contributed by atoms with E-state index in [4.69, 9.17) is 10.5 Å². The maximum Gasteiger partial charge on any atom is 0.125 e. The molecular weight excluding hydrogens is 278 g/mol. The normalized spacial score (nSPS) is 12.5. The van der Waals surface area contributed by atoms with E-state index in [0.717, 1.165) is 28.8 Å². The van der Waals surface area contributed by atoms with E-state index in [-0.39, 0.29) is 6.04 Å². The predicted octanol–water partition coefficient (Wildman–Crippen LogP) is 4.43. The first-order chi connectivity index (χ1) is 8.15. The van der Waals surface area contributed by atoms with Crippen molar-refractivity contribution >= 4 is 15.9 Å². The van der Waals surface area contributed by atoms with Gasteiger partial charge in [-0.1, -0.05) is 48.2 Å². The highest BCUT2D eigenvalue weighted by Crippen LogP contribution is 2.27. The van der Waals surface area contributed by atoms with Crippen LogP contribution in [-0.4, -0.2) is 6.61 Å². The third-order valence-electron chi connectivity index (χ3n) is 2.72. The van der Waals surface area contributed by atoms with Gasteiger partial charge in [0, 0.05) is 16.1 Å². The van der Waals surface area contributed by atoms with Crippen LogP contribution in [0.15, 0.2) is 22.7 Å². The summed E-state index contributed by atoms with van der Waals surface area (Å²) in [6, 6.07) is 6.03. The van der Waals surface area contributed by atoms with Crippen LogP contribution in [0.2, 0.25) is 0 Å². The van der Waals surface area contributed by atoms with Crippen molar-refractivity contribution < 1.29 is 4.74 Å². The number of rotatable bonds is 7. The highest BCUT2D eigenvalue weighted by atomic mass is 79.9. The molecule has 0 spiro atoms. The zero-order chi connectivity index (χ0) is 12.7. The predicted molar refractivity (Wildman–Crippen MR) is 76.4 cm³/mol. The lowest BCUT2D eigenvalue weighted by Crippen LogP contribution is -2.08. The van der Waals surface area contributed by atoms with Gasteiger partial charge < -0.3 is 10.5 Å². The minimum atomic E-state index is 0.00809. The lowest BCUT2D eigenvalue weighted by molar-refractivity contribution is 0.300. The maximum atomic E-state index is 5.92. The first-order valence-corrected chi connectivity index (χ1v) is 7.12. The second kappa shape index (κ2) is 7.72. The van der Waals surface area contributed by atoms with Crippen LogP contribution in [0.5, 0.6) is 5.75 Å². The molecule has 96 valence electrons. The van der Waals surface area contributed by atoms with Gasteiger partial charge in [-0.3, -0.25) is 0 Å². The molecule has 17 heavy (non-hydrogen) atoms. The van der Waals surface area contributed by atoms with E-state index in [0.29, 0.717) is 0 Å². The van der Waals surface area contributed by atoms with Gasteiger partial charge in [0.1, 0.15) is 5.75 Å². The summed E-state index contributed by atoms with van der Waals surface area (Å²) in [7, 11) is 0. The van der Waals surface area contributed by atoms with Crippen molar-refractivity contribution in [1.82, 2.24) is 0 Å². The van der Waals surface area contributed by atoms with Crippen LogP contribution in [-0.2, 0) is 0 Å². The second-order valence-electron chi connectivity index (χ2n) is 4.38. The van der Waals surface area contributed by atoms with Crippen LogP contribution in [0.3, 0.4) is 0 Å². The van der Waals surface area contributed by atoms with Crippen molar-refractivity contribution in [3.05, 3.63) is 28.2 Å². The van der Waals surface area contributed by atoms with Gasteiger partial charge in [0.05, 0.1) is 6.61 Å². The molecule has 1 aromatic carbocycles. The number of unbranched alkanes of at least 4 members (excludes halogenated alkanes) is 3. The van der Waals surface area contributed by atoms with Gasteiger partial charge in [-0.2, -0.15) is 0 Å². The Morgan fingerprint density at radius 3 is 2.71 bits per heavy atom. The molecule has 0 saturated carbocycles. The molecular formula is C14H22BrNO. The molecule has 0 amide bonds. The molecule has 0 unspecified atom stereocenters. The fourth-order valence-corrected chi connectivity index (χ4v) is 2.06. The van der Waals surface area contributed by atoms with E-state index in [2.05, 4.69) is 22.9 Å². The van der Waals surface area contributed by atoms with Crippen molar-refractivity contribution in [3.63, 3.8) is 0 Å². The van der Waals surface area contributed by atoms with E-state index in [1.165, 1.54) is 19.3 Å². The molecule has 2 nitrogen and oxygen atoms in total. The minimum absolute atomic E-state index is 0.00809. The van der Waals surface area contributed by atoms with Gasteiger partial charge in [0.25, 0.3) is 0 Å². The van der Waals surface area contributed by atoms with Gasteiger partial charge in [0.2, 0.25) is 0 Å². The average Bonchev–Trinajstić information content (AvgIpc) is 2.28. The highest BCUT2D eigenvalue weighted by molar-refractivity contribution is 9.10. The van der Waals surface area contributed by atoms with Gasteiger partial charge in [-0.05, 0) is 25.5 Å². The quantitative estimate of drug-likeness (QED) is 0.756. The van der Waals surface area contributed by atoms with Gasteiger partial charge in [0.15, 0.2) is 0 Å². The Morgan fingerprint density at radius 1 is 1.29 bits per heavy atom. The topological polar surface area (TPSA) is 35.2 Å². The largest absolute Gasteiger partial charge is 0.493 e. The van der Waals surface area contributed by atoms with Crippen LogP contribution in [0.4, 0.5) is 0 Å². The fraction of sp³-hybridized carbons (Fsp3) is 0.571. The van der Waals surface area contributed by atoms with Crippen molar-refractivity contribution in [2.45, 2.75) is 45.6 Å². The Hall–Kier alpha value is -0.540. The van der Waals surface area contributed by atoms with Crippen molar-refractivity contribution in [1.29, 1.82) is 0 Å². The molecule has 0 aliphatic carbocycles. The Bertz CT molecular complexity index is 339. The van der Waals surface area contributed by atoms with Crippen LogP contribution in [0, 0.1) is 0 Å². The number of hydrogen-bond acceptors (Lipinski definition) is 2. The van der Waals surface area contributed by atoms with Crippen LogP contribution < -0.4 is 10.5 Å². The summed E-state index contributed by atoms with van der Waals surface area (Å²) in [6.45, 7) is 4.97. The highest BCUT2D eigenvalue weighted by Gasteiger charge is 2.08. The maximum absolute atomic E-state index is 5.92. The first-order valence-electron chi connectivity index (χ1n) is 6.33. The molecule has 2 N–H and O–H groups in total. The van der Waals surface area contributed by atoms with Crippen molar-refractivity contribution in [3.8, 4) is 5.75 Å². The summed E-state index contributed by atoms with van der Waals surface area (Å²) in [5.74, 6) is 0.908. The molecule has 0 heterocycles. The minimum Gasteiger partial charge on any atom is -0.493 e.